The van der Waals surface area contributed by atoms with E-state index in [-0.39, 0.29) is 11.7 Å². The molecule has 1 aliphatic carbocycles. The van der Waals surface area contributed by atoms with Gasteiger partial charge in [-0.15, -0.1) is 0 Å². The second-order valence-electron chi connectivity index (χ2n) is 4.19. The Morgan fingerprint density at radius 1 is 1.53 bits per heavy atom. The average molecular weight is 260 g/mol. The van der Waals surface area contributed by atoms with Gasteiger partial charge in [-0.1, -0.05) is 5.10 Å². The van der Waals surface area contributed by atoms with Gasteiger partial charge in [0.1, 0.15) is 5.75 Å². The van der Waals surface area contributed by atoms with Crippen molar-refractivity contribution in [2.75, 3.05) is 12.4 Å². The Kier molecular flexibility index (Phi) is 2.82. The number of hydrogen-bond acceptors (Lipinski definition) is 6. The highest BCUT2D eigenvalue weighted by molar-refractivity contribution is 6.03. The van der Waals surface area contributed by atoms with Gasteiger partial charge in [0.2, 0.25) is 5.95 Å². The van der Waals surface area contributed by atoms with Crippen molar-refractivity contribution < 1.29 is 9.53 Å². The van der Waals surface area contributed by atoms with Gasteiger partial charge in [0.25, 0.3) is 5.91 Å². The van der Waals surface area contributed by atoms with Crippen molar-refractivity contribution in [1.29, 1.82) is 0 Å². The summed E-state index contributed by atoms with van der Waals surface area (Å²) in [4.78, 5) is 16.1. The molecule has 0 unspecified atom stereocenters. The minimum atomic E-state index is -0.394. The molecule has 0 radical (unpaired) electrons. The number of aromatic nitrogens is 5. The topological polar surface area (TPSA) is 94.8 Å². The number of amides is 1. The lowest BCUT2D eigenvalue weighted by molar-refractivity contribution is 0.101. The Labute approximate surface area is 108 Å². The van der Waals surface area contributed by atoms with Gasteiger partial charge in [-0.3, -0.25) is 10.1 Å². The van der Waals surface area contributed by atoms with Crippen molar-refractivity contribution in [3.8, 4) is 5.75 Å². The van der Waals surface area contributed by atoms with E-state index in [2.05, 4.69) is 25.8 Å². The van der Waals surface area contributed by atoms with Crippen LogP contribution >= 0.6 is 0 Å². The zero-order valence-electron chi connectivity index (χ0n) is 10.3. The second-order valence-corrected chi connectivity index (χ2v) is 4.19. The van der Waals surface area contributed by atoms with E-state index in [1.165, 1.54) is 13.3 Å². The largest absolute Gasteiger partial charge is 0.494 e. The van der Waals surface area contributed by atoms with Crippen LogP contribution in [-0.4, -0.2) is 38.2 Å². The minimum Gasteiger partial charge on any atom is -0.494 e. The molecule has 1 amide bonds. The van der Waals surface area contributed by atoms with Gasteiger partial charge in [-0.25, -0.2) is 9.67 Å². The zero-order valence-corrected chi connectivity index (χ0v) is 10.3. The van der Waals surface area contributed by atoms with Crippen LogP contribution in [0.4, 0.5) is 5.95 Å². The molecule has 0 bridgehead atoms. The van der Waals surface area contributed by atoms with Crippen molar-refractivity contribution in [2.24, 2.45) is 0 Å². The Hall–Kier alpha value is -2.51. The van der Waals surface area contributed by atoms with Gasteiger partial charge in [0.05, 0.1) is 13.2 Å². The molecule has 2 heterocycles. The first-order chi connectivity index (χ1) is 9.29. The summed E-state index contributed by atoms with van der Waals surface area (Å²) >= 11 is 0. The van der Waals surface area contributed by atoms with Crippen molar-refractivity contribution in [3.05, 3.63) is 24.0 Å². The molecule has 0 aliphatic heterocycles. The van der Waals surface area contributed by atoms with E-state index in [0.29, 0.717) is 11.7 Å². The number of carbonyl (C=O) groups excluding carboxylic acids is 1. The Morgan fingerprint density at radius 2 is 2.37 bits per heavy atom. The molecule has 1 N–H and O–H groups in total. The third kappa shape index (κ3) is 2.24. The lowest BCUT2D eigenvalue weighted by Gasteiger charge is -2.07. The van der Waals surface area contributed by atoms with Crippen molar-refractivity contribution in [2.45, 2.75) is 18.9 Å². The third-order valence-corrected chi connectivity index (χ3v) is 2.82. The monoisotopic (exact) mass is 260 g/mol. The summed E-state index contributed by atoms with van der Waals surface area (Å²) in [6.45, 7) is 0. The smallest absolute Gasteiger partial charge is 0.280 e. The van der Waals surface area contributed by atoms with Crippen LogP contribution in [0.2, 0.25) is 0 Å². The van der Waals surface area contributed by atoms with E-state index in [9.17, 15) is 4.79 Å². The molecule has 0 spiro atoms. The molecule has 8 nitrogen and oxygen atoms in total. The SMILES string of the molecule is COc1cccnc1C(=O)Nc1nnnn1C1CC1. The number of methoxy groups -OCH3 is 1. The summed E-state index contributed by atoms with van der Waals surface area (Å²) in [5.74, 6) is 0.347. The summed E-state index contributed by atoms with van der Waals surface area (Å²) in [6, 6.07) is 3.66. The van der Waals surface area contributed by atoms with Crippen molar-refractivity contribution >= 4 is 11.9 Å². The fourth-order valence-corrected chi connectivity index (χ4v) is 1.73. The van der Waals surface area contributed by atoms with Crippen molar-refractivity contribution in [3.63, 3.8) is 0 Å². The number of nitrogens with one attached hydrogen (secondary N) is 1. The molecule has 1 aliphatic rings. The molecule has 8 heteroatoms. The molecule has 1 fully saturated rings. The number of hydrogen-bond donors (Lipinski definition) is 1. The molecule has 2 aromatic heterocycles. The van der Waals surface area contributed by atoms with Gasteiger partial charge < -0.3 is 4.74 Å². The van der Waals surface area contributed by atoms with Gasteiger partial charge in [0.15, 0.2) is 5.69 Å². The first-order valence-corrected chi connectivity index (χ1v) is 5.88. The Morgan fingerprint density at radius 3 is 3.11 bits per heavy atom. The molecule has 1 saturated carbocycles. The first-order valence-electron chi connectivity index (χ1n) is 5.88. The van der Waals surface area contributed by atoms with Gasteiger partial charge >= 0.3 is 0 Å². The molecular weight excluding hydrogens is 248 g/mol. The molecule has 0 aromatic carbocycles. The van der Waals surface area contributed by atoms with Gasteiger partial charge in [-0.05, 0) is 35.4 Å². The normalized spacial score (nSPS) is 14.2. The molecule has 19 heavy (non-hydrogen) atoms. The van der Waals surface area contributed by atoms with Crippen LogP contribution < -0.4 is 10.1 Å². The predicted molar refractivity (Wildman–Crippen MR) is 64.8 cm³/mol. The minimum absolute atomic E-state index is 0.204. The standard InChI is InChI=1S/C11H12N6O2/c1-19-8-3-2-6-12-9(8)10(18)13-11-14-15-16-17(11)7-4-5-7/h2-3,6-7H,4-5H2,1H3,(H,13,14,16,18). The molecule has 0 atom stereocenters. The molecule has 98 valence electrons. The fraction of sp³-hybridized carbons (Fsp3) is 0.364. The summed E-state index contributed by atoms with van der Waals surface area (Å²) in [5, 5.41) is 13.9. The van der Waals surface area contributed by atoms with E-state index >= 15 is 0 Å². The van der Waals surface area contributed by atoms with E-state index in [1.807, 2.05) is 0 Å². The van der Waals surface area contributed by atoms with Crippen LogP contribution in [-0.2, 0) is 0 Å². The van der Waals surface area contributed by atoms with E-state index < -0.39 is 5.91 Å². The number of carbonyl (C=O) groups is 1. The second kappa shape index (κ2) is 4.63. The number of nitrogens with zero attached hydrogens (tertiary/aromatic N) is 5. The van der Waals surface area contributed by atoms with Crippen LogP contribution in [0.1, 0.15) is 29.4 Å². The summed E-state index contributed by atoms with van der Waals surface area (Å²) in [6.07, 6.45) is 3.59. The van der Waals surface area contributed by atoms with Crippen LogP contribution in [0, 0.1) is 0 Å². The maximum absolute atomic E-state index is 12.1. The quantitative estimate of drug-likeness (QED) is 0.867. The zero-order chi connectivity index (χ0) is 13.2. The highest BCUT2D eigenvalue weighted by Gasteiger charge is 2.28. The highest BCUT2D eigenvalue weighted by atomic mass is 16.5. The lowest BCUT2D eigenvalue weighted by atomic mass is 10.3. The number of anilines is 1. The lowest BCUT2D eigenvalue weighted by Crippen LogP contribution is -2.18. The van der Waals surface area contributed by atoms with Crippen molar-refractivity contribution in [1.82, 2.24) is 25.2 Å². The molecular formula is C11H12N6O2. The van der Waals surface area contributed by atoms with Crippen LogP contribution in [0.25, 0.3) is 0 Å². The maximum Gasteiger partial charge on any atom is 0.280 e. The number of pyridine rings is 1. The number of ether oxygens (including phenoxy) is 1. The number of rotatable bonds is 4. The maximum atomic E-state index is 12.1. The molecule has 3 rings (SSSR count). The Balaban J connectivity index is 1.82. The van der Waals surface area contributed by atoms with E-state index in [0.717, 1.165) is 12.8 Å². The van der Waals surface area contributed by atoms with Crippen LogP contribution in [0.5, 0.6) is 5.75 Å². The summed E-state index contributed by atoms with van der Waals surface area (Å²) in [5.41, 5.74) is 0.204. The van der Waals surface area contributed by atoms with Crippen LogP contribution in [0.15, 0.2) is 18.3 Å². The summed E-state index contributed by atoms with van der Waals surface area (Å²) in [7, 11) is 1.49. The van der Waals surface area contributed by atoms with Gasteiger partial charge in [-0.2, -0.15) is 0 Å². The first kappa shape index (κ1) is 11.6. The molecule has 2 aromatic rings. The van der Waals surface area contributed by atoms with Crippen LogP contribution in [0.3, 0.4) is 0 Å². The van der Waals surface area contributed by atoms with E-state index in [4.69, 9.17) is 4.74 Å². The highest BCUT2D eigenvalue weighted by Crippen LogP contribution is 2.35. The van der Waals surface area contributed by atoms with Gasteiger partial charge in [0, 0.05) is 6.20 Å². The number of tetrazole rings is 1. The van der Waals surface area contributed by atoms with E-state index in [1.54, 1.807) is 16.8 Å². The molecule has 0 saturated heterocycles. The Bertz CT molecular complexity index is 607. The average Bonchev–Trinajstić information content (AvgIpc) is 3.19. The summed E-state index contributed by atoms with van der Waals surface area (Å²) < 4.78 is 6.71. The predicted octanol–water partition coefficient (Wildman–Crippen LogP) is 0.664. The third-order valence-electron chi connectivity index (χ3n) is 2.82. The fourth-order valence-electron chi connectivity index (χ4n) is 1.73.